The van der Waals surface area contributed by atoms with Crippen LogP contribution in [0.1, 0.15) is 32.3 Å². The highest BCUT2D eigenvalue weighted by molar-refractivity contribution is 5.79. The van der Waals surface area contributed by atoms with Gasteiger partial charge in [0.05, 0.1) is 6.42 Å². The predicted octanol–water partition coefficient (Wildman–Crippen LogP) is 1.99. The van der Waals surface area contributed by atoms with Gasteiger partial charge in [0.15, 0.2) is 0 Å². The average Bonchev–Trinajstić information content (AvgIpc) is 2.27. The lowest BCUT2D eigenvalue weighted by atomic mass is 9.98. The summed E-state index contributed by atoms with van der Waals surface area (Å²) in [6, 6.07) is 9.46. The quantitative estimate of drug-likeness (QED) is 0.810. The smallest absolute Gasteiger partial charge is 0.303 e. The number of carbonyl (C=O) groups is 2. The summed E-state index contributed by atoms with van der Waals surface area (Å²) in [4.78, 5) is 22.3. The van der Waals surface area contributed by atoms with Crippen molar-refractivity contribution in [3.8, 4) is 0 Å². The van der Waals surface area contributed by atoms with Gasteiger partial charge in [-0.25, -0.2) is 0 Å². The Kier molecular flexibility index (Phi) is 4.89. The Morgan fingerprint density at radius 2 is 1.83 bits per heavy atom. The van der Waals surface area contributed by atoms with Crippen LogP contribution in [0.25, 0.3) is 0 Å². The fourth-order valence-electron chi connectivity index (χ4n) is 1.68. The first kappa shape index (κ1) is 14.2. The molecule has 0 saturated heterocycles. The van der Waals surface area contributed by atoms with E-state index < -0.39 is 11.5 Å². The molecule has 0 spiro atoms. The number of benzene rings is 1. The van der Waals surface area contributed by atoms with Crippen LogP contribution in [0, 0.1) is 0 Å². The number of carboxylic acids is 1. The summed E-state index contributed by atoms with van der Waals surface area (Å²) in [7, 11) is 0. The molecule has 98 valence electrons. The Morgan fingerprint density at radius 3 is 2.39 bits per heavy atom. The largest absolute Gasteiger partial charge is 0.481 e. The number of hydrogen-bond donors (Lipinski definition) is 2. The maximum Gasteiger partial charge on any atom is 0.303 e. The van der Waals surface area contributed by atoms with Gasteiger partial charge in [0.25, 0.3) is 0 Å². The number of nitrogens with one attached hydrogen (secondary N) is 1. The first-order chi connectivity index (χ1) is 8.39. The van der Waals surface area contributed by atoms with E-state index in [-0.39, 0.29) is 12.3 Å². The molecule has 1 aromatic carbocycles. The van der Waals surface area contributed by atoms with Gasteiger partial charge in [0.2, 0.25) is 5.91 Å². The molecule has 0 aliphatic rings. The van der Waals surface area contributed by atoms with Gasteiger partial charge in [-0.3, -0.25) is 9.59 Å². The topological polar surface area (TPSA) is 66.4 Å². The van der Waals surface area contributed by atoms with Crippen molar-refractivity contribution in [1.82, 2.24) is 5.32 Å². The SMILES string of the molecule is CC(C)(CCC(=O)O)NC(=O)Cc1ccccc1. The Morgan fingerprint density at radius 1 is 1.22 bits per heavy atom. The number of hydrogen-bond acceptors (Lipinski definition) is 2. The minimum atomic E-state index is -0.847. The molecule has 0 aliphatic carbocycles. The van der Waals surface area contributed by atoms with E-state index in [1.165, 1.54) is 0 Å². The van der Waals surface area contributed by atoms with E-state index in [0.717, 1.165) is 5.56 Å². The van der Waals surface area contributed by atoms with E-state index in [1.807, 2.05) is 44.2 Å². The highest BCUT2D eigenvalue weighted by Gasteiger charge is 2.21. The third kappa shape index (κ3) is 5.48. The number of rotatable bonds is 6. The van der Waals surface area contributed by atoms with Crippen LogP contribution in [-0.4, -0.2) is 22.5 Å². The molecule has 0 atom stereocenters. The number of carboxylic acid groups (broad SMARTS) is 1. The molecule has 1 rings (SSSR count). The van der Waals surface area contributed by atoms with Gasteiger partial charge in [-0.05, 0) is 25.8 Å². The first-order valence-electron chi connectivity index (χ1n) is 5.96. The third-order valence-electron chi connectivity index (χ3n) is 2.65. The van der Waals surface area contributed by atoms with Crippen molar-refractivity contribution >= 4 is 11.9 Å². The zero-order valence-corrected chi connectivity index (χ0v) is 10.8. The summed E-state index contributed by atoms with van der Waals surface area (Å²) < 4.78 is 0. The van der Waals surface area contributed by atoms with Crippen molar-refractivity contribution in [3.63, 3.8) is 0 Å². The maximum atomic E-state index is 11.8. The van der Waals surface area contributed by atoms with Crippen molar-refractivity contribution < 1.29 is 14.7 Å². The zero-order chi connectivity index (χ0) is 13.6. The van der Waals surface area contributed by atoms with Gasteiger partial charge in [0, 0.05) is 12.0 Å². The highest BCUT2D eigenvalue weighted by Crippen LogP contribution is 2.11. The van der Waals surface area contributed by atoms with Gasteiger partial charge >= 0.3 is 5.97 Å². The molecule has 0 aliphatic heterocycles. The Hall–Kier alpha value is -1.84. The molecular formula is C14H19NO3. The van der Waals surface area contributed by atoms with Crippen LogP contribution in [0.2, 0.25) is 0 Å². The summed E-state index contributed by atoms with van der Waals surface area (Å²) in [5, 5.41) is 11.5. The van der Waals surface area contributed by atoms with Crippen LogP contribution in [-0.2, 0) is 16.0 Å². The van der Waals surface area contributed by atoms with Crippen LogP contribution in [0.5, 0.6) is 0 Å². The minimum Gasteiger partial charge on any atom is -0.481 e. The average molecular weight is 249 g/mol. The Balaban J connectivity index is 2.46. The van der Waals surface area contributed by atoms with Crippen LogP contribution in [0.3, 0.4) is 0 Å². The summed E-state index contributed by atoms with van der Waals surface area (Å²) in [5.74, 6) is -0.933. The van der Waals surface area contributed by atoms with Gasteiger partial charge in [-0.1, -0.05) is 30.3 Å². The molecule has 0 bridgehead atoms. The van der Waals surface area contributed by atoms with Crippen molar-refractivity contribution in [3.05, 3.63) is 35.9 Å². The molecule has 0 aromatic heterocycles. The molecule has 0 radical (unpaired) electrons. The van der Waals surface area contributed by atoms with Crippen molar-refractivity contribution in [2.24, 2.45) is 0 Å². The van der Waals surface area contributed by atoms with Crippen molar-refractivity contribution in [2.45, 2.75) is 38.6 Å². The van der Waals surface area contributed by atoms with E-state index in [1.54, 1.807) is 0 Å². The van der Waals surface area contributed by atoms with Crippen molar-refractivity contribution in [2.75, 3.05) is 0 Å². The van der Waals surface area contributed by atoms with Gasteiger partial charge in [0.1, 0.15) is 0 Å². The Bertz CT molecular complexity index is 412. The second kappa shape index (κ2) is 6.19. The Labute approximate surface area is 107 Å². The summed E-state index contributed by atoms with van der Waals surface area (Å²) >= 11 is 0. The van der Waals surface area contributed by atoms with Crippen LogP contribution < -0.4 is 5.32 Å². The van der Waals surface area contributed by atoms with E-state index in [0.29, 0.717) is 12.8 Å². The van der Waals surface area contributed by atoms with E-state index >= 15 is 0 Å². The molecule has 2 N–H and O–H groups in total. The zero-order valence-electron chi connectivity index (χ0n) is 10.8. The summed E-state index contributed by atoms with van der Waals surface area (Å²) in [5.41, 5.74) is 0.452. The summed E-state index contributed by atoms with van der Waals surface area (Å²) in [6.07, 6.45) is 0.790. The van der Waals surface area contributed by atoms with Gasteiger partial charge in [-0.2, -0.15) is 0 Å². The lowest BCUT2D eigenvalue weighted by molar-refractivity contribution is -0.137. The van der Waals surface area contributed by atoms with E-state index in [4.69, 9.17) is 5.11 Å². The minimum absolute atomic E-state index is 0.0542. The molecule has 4 heteroatoms. The standard InChI is InChI=1S/C14H19NO3/c1-14(2,9-8-13(17)18)15-12(16)10-11-6-4-3-5-7-11/h3-7H,8-10H2,1-2H3,(H,15,16)(H,17,18). The molecule has 0 fully saturated rings. The third-order valence-corrected chi connectivity index (χ3v) is 2.65. The summed E-state index contributed by atoms with van der Waals surface area (Å²) in [6.45, 7) is 3.66. The molecule has 1 aromatic rings. The van der Waals surface area contributed by atoms with Crippen LogP contribution >= 0.6 is 0 Å². The number of aliphatic carboxylic acids is 1. The van der Waals surface area contributed by atoms with E-state index in [2.05, 4.69) is 5.32 Å². The van der Waals surface area contributed by atoms with Crippen molar-refractivity contribution in [1.29, 1.82) is 0 Å². The van der Waals surface area contributed by atoms with Crippen LogP contribution in [0.4, 0.5) is 0 Å². The normalized spacial score (nSPS) is 11.0. The van der Waals surface area contributed by atoms with Gasteiger partial charge < -0.3 is 10.4 Å². The number of amides is 1. The molecular weight excluding hydrogens is 230 g/mol. The molecule has 0 saturated carbocycles. The fourth-order valence-corrected chi connectivity index (χ4v) is 1.68. The molecule has 0 unspecified atom stereocenters. The fraction of sp³-hybridized carbons (Fsp3) is 0.429. The first-order valence-corrected chi connectivity index (χ1v) is 5.96. The predicted molar refractivity (Wildman–Crippen MR) is 69.2 cm³/mol. The molecule has 1 amide bonds. The van der Waals surface area contributed by atoms with Gasteiger partial charge in [-0.15, -0.1) is 0 Å². The second-order valence-corrected chi connectivity index (χ2v) is 4.99. The maximum absolute atomic E-state index is 11.8. The van der Waals surface area contributed by atoms with Crippen LogP contribution in [0.15, 0.2) is 30.3 Å². The lowest BCUT2D eigenvalue weighted by Crippen LogP contribution is -2.44. The monoisotopic (exact) mass is 249 g/mol. The molecule has 0 heterocycles. The molecule has 4 nitrogen and oxygen atoms in total. The number of carbonyl (C=O) groups excluding carboxylic acids is 1. The van der Waals surface area contributed by atoms with E-state index in [9.17, 15) is 9.59 Å². The molecule has 18 heavy (non-hydrogen) atoms. The second-order valence-electron chi connectivity index (χ2n) is 4.99. The highest BCUT2D eigenvalue weighted by atomic mass is 16.4. The lowest BCUT2D eigenvalue weighted by Gasteiger charge is -2.25.